The van der Waals surface area contributed by atoms with Crippen LogP contribution in [0.4, 0.5) is 0 Å². The highest BCUT2D eigenvalue weighted by atomic mass is 16.3. The number of amides is 1. The van der Waals surface area contributed by atoms with Gasteiger partial charge in [0, 0.05) is 23.2 Å². The predicted octanol–water partition coefficient (Wildman–Crippen LogP) is 1.59. The van der Waals surface area contributed by atoms with Gasteiger partial charge in [-0.1, -0.05) is 18.2 Å². The van der Waals surface area contributed by atoms with E-state index in [0.717, 1.165) is 16.5 Å². The van der Waals surface area contributed by atoms with Crippen LogP contribution in [0, 0.1) is 0 Å². The van der Waals surface area contributed by atoms with Crippen molar-refractivity contribution in [3.8, 4) is 5.88 Å². The highest BCUT2D eigenvalue weighted by Crippen LogP contribution is 2.23. The molecule has 4 heteroatoms. The normalized spacial score (nSPS) is 10.9. The van der Waals surface area contributed by atoms with Crippen molar-refractivity contribution in [2.75, 3.05) is 0 Å². The second-order valence-electron chi connectivity index (χ2n) is 3.08. The third-order valence-corrected chi connectivity index (χ3v) is 2.10. The van der Waals surface area contributed by atoms with E-state index in [-0.39, 0.29) is 5.88 Å². The molecule has 3 N–H and O–H groups in total. The first-order chi connectivity index (χ1) is 7.31. The number of hydrogen-bond donors (Lipinski definition) is 3. The van der Waals surface area contributed by atoms with Crippen LogP contribution in [0.5, 0.6) is 5.88 Å². The van der Waals surface area contributed by atoms with Crippen LogP contribution in [-0.2, 0) is 4.79 Å². The van der Waals surface area contributed by atoms with Crippen molar-refractivity contribution in [2.24, 2.45) is 0 Å². The zero-order chi connectivity index (χ0) is 10.7. The lowest BCUT2D eigenvalue weighted by Crippen LogP contribution is -1.97. The van der Waals surface area contributed by atoms with Crippen LogP contribution in [0.3, 0.4) is 0 Å². The second kappa shape index (κ2) is 3.88. The molecule has 2 aromatic rings. The largest absolute Gasteiger partial charge is 0.495 e. The molecule has 1 amide bonds. The Morgan fingerprint density at radius 1 is 1.40 bits per heavy atom. The van der Waals surface area contributed by atoms with E-state index in [4.69, 9.17) is 0 Å². The van der Waals surface area contributed by atoms with Crippen LogP contribution in [-0.4, -0.2) is 16.5 Å². The van der Waals surface area contributed by atoms with Gasteiger partial charge in [0.05, 0.1) is 5.52 Å². The smallest absolute Gasteiger partial charge is 0.211 e. The number of aromatic hydroxyl groups is 1. The van der Waals surface area contributed by atoms with Gasteiger partial charge in [-0.3, -0.25) is 4.79 Å². The van der Waals surface area contributed by atoms with Gasteiger partial charge in [0.1, 0.15) is 0 Å². The van der Waals surface area contributed by atoms with Gasteiger partial charge in [-0.25, -0.2) is 0 Å². The van der Waals surface area contributed by atoms with Crippen molar-refractivity contribution in [3.05, 3.63) is 36.0 Å². The molecule has 1 aromatic carbocycles. The Labute approximate surface area is 86.2 Å². The first kappa shape index (κ1) is 9.33. The average molecular weight is 202 g/mol. The Hall–Kier alpha value is -2.23. The van der Waals surface area contributed by atoms with Crippen molar-refractivity contribution in [1.82, 2.24) is 10.3 Å². The molecule has 0 aliphatic rings. The van der Waals surface area contributed by atoms with Crippen molar-refractivity contribution >= 4 is 23.4 Å². The molecule has 0 fully saturated rings. The molecule has 0 saturated carbocycles. The average Bonchev–Trinajstić information content (AvgIpc) is 2.59. The summed E-state index contributed by atoms with van der Waals surface area (Å²) in [6, 6.07) is 7.33. The number of carbonyl (C=O) groups is 1. The third-order valence-electron chi connectivity index (χ3n) is 2.10. The lowest BCUT2D eigenvalue weighted by molar-refractivity contribution is -0.108. The molecule has 2 rings (SSSR count). The summed E-state index contributed by atoms with van der Waals surface area (Å²) < 4.78 is 0. The van der Waals surface area contributed by atoms with E-state index in [2.05, 4.69) is 10.3 Å². The first-order valence-electron chi connectivity index (χ1n) is 4.48. The number of benzene rings is 1. The molecular weight excluding hydrogens is 192 g/mol. The zero-order valence-corrected chi connectivity index (χ0v) is 7.90. The number of hydrogen-bond acceptors (Lipinski definition) is 2. The number of carbonyl (C=O) groups excluding carboxylic acids is 1. The van der Waals surface area contributed by atoms with Gasteiger partial charge in [-0.05, 0) is 6.08 Å². The summed E-state index contributed by atoms with van der Waals surface area (Å²) in [5.74, 6) is 0.134. The summed E-state index contributed by atoms with van der Waals surface area (Å²) in [7, 11) is 0. The van der Waals surface area contributed by atoms with Crippen molar-refractivity contribution < 1.29 is 9.90 Å². The Morgan fingerprint density at radius 3 is 3.07 bits per heavy atom. The SMILES string of the molecule is O=CN/C=C/c1cccc2cc(O)[nH]c12. The summed E-state index contributed by atoms with van der Waals surface area (Å²) >= 11 is 0. The maximum Gasteiger partial charge on any atom is 0.211 e. The number of aromatic nitrogens is 1. The van der Waals surface area contributed by atoms with Gasteiger partial charge in [0.25, 0.3) is 0 Å². The summed E-state index contributed by atoms with van der Waals surface area (Å²) in [5.41, 5.74) is 1.75. The first-order valence-corrected chi connectivity index (χ1v) is 4.48. The fourth-order valence-corrected chi connectivity index (χ4v) is 1.48. The molecule has 0 radical (unpaired) electrons. The lowest BCUT2D eigenvalue weighted by Gasteiger charge is -1.95. The monoisotopic (exact) mass is 202 g/mol. The predicted molar refractivity (Wildman–Crippen MR) is 58.2 cm³/mol. The quantitative estimate of drug-likeness (QED) is 0.662. The molecule has 0 unspecified atom stereocenters. The van der Waals surface area contributed by atoms with E-state index in [0.29, 0.717) is 6.41 Å². The fourth-order valence-electron chi connectivity index (χ4n) is 1.48. The highest BCUT2D eigenvalue weighted by Gasteiger charge is 2.01. The molecule has 0 aliphatic carbocycles. The summed E-state index contributed by atoms with van der Waals surface area (Å²) in [5, 5.41) is 12.7. The van der Waals surface area contributed by atoms with Crippen molar-refractivity contribution in [3.63, 3.8) is 0 Å². The maximum absolute atomic E-state index is 10.1. The minimum Gasteiger partial charge on any atom is -0.495 e. The molecule has 0 aliphatic heterocycles. The molecule has 4 nitrogen and oxygen atoms in total. The molecule has 15 heavy (non-hydrogen) atoms. The Balaban J connectivity index is 2.45. The van der Waals surface area contributed by atoms with E-state index in [9.17, 15) is 9.90 Å². The Bertz CT molecular complexity index is 514. The van der Waals surface area contributed by atoms with Gasteiger partial charge in [-0.2, -0.15) is 0 Å². The van der Waals surface area contributed by atoms with E-state index >= 15 is 0 Å². The fraction of sp³-hybridized carbons (Fsp3) is 0. The number of fused-ring (bicyclic) bond motifs is 1. The molecule has 0 bridgehead atoms. The third kappa shape index (κ3) is 1.83. The van der Waals surface area contributed by atoms with E-state index in [1.54, 1.807) is 18.3 Å². The van der Waals surface area contributed by atoms with Crippen LogP contribution < -0.4 is 5.32 Å². The number of rotatable bonds is 3. The Morgan fingerprint density at radius 2 is 2.27 bits per heavy atom. The van der Waals surface area contributed by atoms with Gasteiger partial charge >= 0.3 is 0 Å². The lowest BCUT2D eigenvalue weighted by atomic mass is 10.1. The van der Waals surface area contributed by atoms with Crippen LogP contribution in [0.15, 0.2) is 30.5 Å². The molecule has 0 atom stereocenters. The molecule has 76 valence electrons. The van der Waals surface area contributed by atoms with Crippen LogP contribution >= 0.6 is 0 Å². The topological polar surface area (TPSA) is 65.1 Å². The number of nitrogens with one attached hydrogen (secondary N) is 2. The molecular formula is C11H10N2O2. The number of aromatic amines is 1. The van der Waals surface area contributed by atoms with E-state index in [1.807, 2.05) is 18.2 Å². The molecule has 0 saturated heterocycles. The summed E-state index contributed by atoms with van der Waals surface area (Å²) in [6.07, 6.45) is 3.90. The zero-order valence-electron chi connectivity index (χ0n) is 7.90. The van der Waals surface area contributed by atoms with Gasteiger partial charge in [0.2, 0.25) is 6.41 Å². The van der Waals surface area contributed by atoms with Crippen LogP contribution in [0.1, 0.15) is 5.56 Å². The highest BCUT2D eigenvalue weighted by molar-refractivity contribution is 5.89. The molecule has 1 heterocycles. The summed E-state index contributed by atoms with van der Waals surface area (Å²) in [6.45, 7) is 0. The Kier molecular flexibility index (Phi) is 2.41. The molecule has 1 aromatic heterocycles. The van der Waals surface area contributed by atoms with Crippen LogP contribution in [0.2, 0.25) is 0 Å². The number of para-hydroxylation sites is 1. The second-order valence-corrected chi connectivity index (χ2v) is 3.08. The van der Waals surface area contributed by atoms with E-state index in [1.165, 1.54) is 0 Å². The maximum atomic E-state index is 10.1. The summed E-state index contributed by atoms with van der Waals surface area (Å²) in [4.78, 5) is 12.9. The van der Waals surface area contributed by atoms with Gasteiger partial charge in [0.15, 0.2) is 5.88 Å². The van der Waals surface area contributed by atoms with E-state index < -0.39 is 0 Å². The van der Waals surface area contributed by atoms with Crippen molar-refractivity contribution in [2.45, 2.75) is 0 Å². The van der Waals surface area contributed by atoms with Gasteiger partial charge in [-0.15, -0.1) is 0 Å². The minimum atomic E-state index is 0.134. The van der Waals surface area contributed by atoms with Crippen molar-refractivity contribution in [1.29, 1.82) is 0 Å². The van der Waals surface area contributed by atoms with Crippen LogP contribution in [0.25, 0.3) is 17.0 Å². The number of H-pyrrole nitrogens is 1. The standard InChI is InChI=1S/C11H10N2O2/c14-7-12-5-4-8-2-1-3-9-6-10(15)13-11(8)9/h1-7,13,15H,(H,12,14)/b5-4+. The molecule has 0 spiro atoms. The minimum absolute atomic E-state index is 0.134. The van der Waals surface area contributed by atoms with Gasteiger partial charge < -0.3 is 15.4 Å².